The lowest BCUT2D eigenvalue weighted by molar-refractivity contribution is 0.0494. The standard InChI is InChI=1S/C26H33BrN2O4/c1-18(28-25(31)33-26(2,3)4)15-19-16-21-11-13-29(23(21)22(27)17-19)12-8-14-32-24(30)20-9-6-5-7-10-20/h5-7,9-10,16-18H,8,11-15H2,1-4H3,(H,28,31). The van der Waals surface area contributed by atoms with Crippen LogP contribution in [0.3, 0.4) is 0 Å². The highest BCUT2D eigenvalue weighted by atomic mass is 79.9. The van der Waals surface area contributed by atoms with E-state index in [1.54, 1.807) is 12.1 Å². The summed E-state index contributed by atoms with van der Waals surface area (Å²) in [5.74, 6) is -0.280. The third kappa shape index (κ3) is 7.49. The van der Waals surface area contributed by atoms with Crippen LogP contribution in [0.4, 0.5) is 10.5 Å². The average molecular weight is 517 g/mol. The molecule has 0 fully saturated rings. The van der Waals surface area contributed by atoms with Crippen molar-refractivity contribution in [3.05, 3.63) is 63.6 Å². The normalized spacial score (nSPS) is 13.9. The van der Waals surface area contributed by atoms with E-state index in [0.717, 1.165) is 36.8 Å². The molecular weight excluding hydrogens is 484 g/mol. The largest absolute Gasteiger partial charge is 0.462 e. The molecule has 0 aromatic heterocycles. The summed E-state index contributed by atoms with van der Waals surface area (Å²) in [6, 6.07) is 13.4. The fourth-order valence-corrected chi connectivity index (χ4v) is 4.76. The van der Waals surface area contributed by atoms with Crippen LogP contribution in [0.15, 0.2) is 46.9 Å². The Morgan fingerprint density at radius 2 is 1.91 bits per heavy atom. The maximum Gasteiger partial charge on any atom is 0.407 e. The molecule has 0 spiro atoms. The van der Waals surface area contributed by atoms with Crippen molar-refractivity contribution in [1.82, 2.24) is 5.32 Å². The maximum atomic E-state index is 12.1. The molecule has 0 saturated carbocycles. The van der Waals surface area contributed by atoms with Crippen molar-refractivity contribution in [1.29, 1.82) is 0 Å². The van der Waals surface area contributed by atoms with Crippen LogP contribution in [0.5, 0.6) is 0 Å². The molecule has 3 rings (SSSR count). The van der Waals surface area contributed by atoms with Crippen molar-refractivity contribution in [3.8, 4) is 0 Å². The minimum atomic E-state index is -0.510. The number of hydrogen-bond acceptors (Lipinski definition) is 5. The summed E-state index contributed by atoms with van der Waals surface area (Å²) in [4.78, 5) is 26.4. The highest BCUT2D eigenvalue weighted by Gasteiger charge is 2.23. The molecule has 1 N–H and O–H groups in total. The third-order valence-electron chi connectivity index (χ3n) is 5.29. The molecule has 7 heteroatoms. The zero-order valence-electron chi connectivity index (χ0n) is 19.8. The lowest BCUT2D eigenvalue weighted by Gasteiger charge is -2.23. The predicted molar refractivity (Wildman–Crippen MR) is 134 cm³/mol. The summed E-state index contributed by atoms with van der Waals surface area (Å²) in [6.45, 7) is 9.70. The second-order valence-electron chi connectivity index (χ2n) is 9.43. The number of carbonyl (C=O) groups excluding carboxylic acids is 2. The predicted octanol–water partition coefficient (Wildman–Crippen LogP) is 5.51. The van der Waals surface area contributed by atoms with Crippen LogP contribution >= 0.6 is 15.9 Å². The molecule has 0 saturated heterocycles. The molecule has 2 aromatic rings. The van der Waals surface area contributed by atoms with Crippen LogP contribution < -0.4 is 10.2 Å². The Kier molecular flexibility index (Phi) is 8.40. The van der Waals surface area contributed by atoms with Gasteiger partial charge in [-0.2, -0.15) is 0 Å². The van der Waals surface area contributed by atoms with Gasteiger partial charge < -0.3 is 19.7 Å². The van der Waals surface area contributed by atoms with Crippen LogP contribution in [0.25, 0.3) is 0 Å². The maximum absolute atomic E-state index is 12.1. The summed E-state index contributed by atoms with van der Waals surface area (Å²) >= 11 is 3.74. The van der Waals surface area contributed by atoms with Gasteiger partial charge in [0.15, 0.2) is 0 Å². The molecular formula is C26H33BrN2O4. The van der Waals surface area contributed by atoms with Gasteiger partial charge in [0.1, 0.15) is 5.60 Å². The first kappa shape index (κ1) is 25.1. The van der Waals surface area contributed by atoms with Crippen LogP contribution in [0.1, 0.15) is 55.6 Å². The number of carbonyl (C=O) groups is 2. The summed E-state index contributed by atoms with van der Waals surface area (Å²) in [6.07, 6.45) is 2.07. The Balaban J connectivity index is 1.50. The number of nitrogens with one attached hydrogen (secondary N) is 1. The van der Waals surface area contributed by atoms with Crippen molar-refractivity contribution in [2.75, 3.05) is 24.6 Å². The van der Waals surface area contributed by atoms with Gasteiger partial charge in [0.25, 0.3) is 0 Å². The van der Waals surface area contributed by atoms with Crippen molar-refractivity contribution >= 4 is 33.7 Å². The van der Waals surface area contributed by atoms with Gasteiger partial charge in [-0.15, -0.1) is 0 Å². The number of amides is 1. The van der Waals surface area contributed by atoms with E-state index < -0.39 is 11.7 Å². The first-order valence-electron chi connectivity index (χ1n) is 11.4. The highest BCUT2D eigenvalue weighted by molar-refractivity contribution is 9.10. The van der Waals surface area contributed by atoms with Gasteiger partial charge in [-0.05, 0) is 92.2 Å². The van der Waals surface area contributed by atoms with Gasteiger partial charge in [0, 0.05) is 23.6 Å². The van der Waals surface area contributed by atoms with Gasteiger partial charge in [-0.1, -0.05) is 24.3 Å². The topological polar surface area (TPSA) is 67.9 Å². The van der Waals surface area contributed by atoms with Crippen molar-refractivity contribution in [2.24, 2.45) is 0 Å². The number of ether oxygens (including phenoxy) is 2. The monoisotopic (exact) mass is 516 g/mol. The van der Waals surface area contributed by atoms with E-state index >= 15 is 0 Å². The smallest absolute Gasteiger partial charge is 0.407 e. The number of esters is 1. The molecule has 1 atom stereocenters. The van der Waals surface area contributed by atoms with Gasteiger partial charge in [0.2, 0.25) is 0 Å². The first-order valence-corrected chi connectivity index (χ1v) is 12.2. The second kappa shape index (κ2) is 11.1. The van der Waals surface area contributed by atoms with E-state index in [1.807, 2.05) is 45.9 Å². The molecule has 1 aliphatic rings. The van der Waals surface area contributed by atoms with Crippen LogP contribution in [0.2, 0.25) is 0 Å². The summed E-state index contributed by atoms with van der Waals surface area (Å²) in [5, 5.41) is 2.91. The minimum absolute atomic E-state index is 0.0402. The molecule has 178 valence electrons. The molecule has 2 aromatic carbocycles. The average Bonchev–Trinajstić information content (AvgIpc) is 3.13. The van der Waals surface area contributed by atoms with Gasteiger partial charge in [0.05, 0.1) is 17.9 Å². The summed E-state index contributed by atoms with van der Waals surface area (Å²) in [5.41, 5.74) is 3.74. The lowest BCUT2D eigenvalue weighted by Crippen LogP contribution is -2.38. The molecule has 33 heavy (non-hydrogen) atoms. The van der Waals surface area contributed by atoms with E-state index in [9.17, 15) is 9.59 Å². The zero-order valence-corrected chi connectivity index (χ0v) is 21.4. The van der Waals surface area contributed by atoms with Crippen LogP contribution in [-0.2, 0) is 22.3 Å². The number of hydrogen-bond donors (Lipinski definition) is 1. The number of fused-ring (bicyclic) bond motifs is 1. The SMILES string of the molecule is CC(Cc1cc(Br)c2c(c1)CCN2CCCOC(=O)c1ccccc1)NC(=O)OC(C)(C)C. The molecule has 1 amide bonds. The minimum Gasteiger partial charge on any atom is -0.462 e. The first-order chi connectivity index (χ1) is 15.6. The van der Waals surface area contributed by atoms with E-state index in [0.29, 0.717) is 12.2 Å². The Morgan fingerprint density at radius 3 is 2.61 bits per heavy atom. The lowest BCUT2D eigenvalue weighted by atomic mass is 10.0. The van der Waals surface area contributed by atoms with Crippen molar-refractivity contribution < 1.29 is 19.1 Å². The fourth-order valence-electron chi connectivity index (χ4n) is 3.96. The summed E-state index contributed by atoms with van der Waals surface area (Å²) in [7, 11) is 0. The molecule has 1 heterocycles. The number of benzene rings is 2. The molecule has 0 radical (unpaired) electrons. The second-order valence-corrected chi connectivity index (χ2v) is 10.3. The van der Waals surface area contributed by atoms with Crippen LogP contribution in [-0.4, -0.2) is 43.4 Å². The van der Waals surface area contributed by atoms with E-state index in [-0.39, 0.29) is 12.0 Å². The third-order valence-corrected chi connectivity index (χ3v) is 5.89. The Labute approximate surface area is 204 Å². The van der Waals surface area contributed by atoms with Crippen molar-refractivity contribution in [2.45, 2.75) is 58.6 Å². The summed E-state index contributed by atoms with van der Waals surface area (Å²) < 4.78 is 11.8. The Hall–Kier alpha value is -2.54. The number of nitrogens with zero attached hydrogens (tertiary/aromatic N) is 1. The number of halogens is 1. The number of alkyl carbamates (subject to hydrolysis) is 1. The zero-order chi connectivity index (χ0) is 24.0. The van der Waals surface area contributed by atoms with E-state index in [4.69, 9.17) is 9.47 Å². The molecule has 6 nitrogen and oxygen atoms in total. The fraction of sp³-hybridized carbons (Fsp3) is 0.462. The highest BCUT2D eigenvalue weighted by Crippen LogP contribution is 2.37. The number of rotatable bonds is 8. The molecule has 0 aliphatic carbocycles. The molecule has 1 unspecified atom stereocenters. The van der Waals surface area contributed by atoms with Gasteiger partial charge in [-0.25, -0.2) is 9.59 Å². The van der Waals surface area contributed by atoms with Gasteiger partial charge in [-0.3, -0.25) is 0 Å². The molecule has 1 aliphatic heterocycles. The van der Waals surface area contributed by atoms with Crippen LogP contribution in [0, 0.1) is 0 Å². The molecule has 0 bridgehead atoms. The quantitative estimate of drug-likeness (QED) is 0.369. The Bertz CT molecular complexity index is 972. The van der Waals surface area contributed by atoms with Gasteiger partial charge >= 0.3 is 12.1 Å². The van der Waals surface area contributed by atoms with Crippen molar-refractivity contribution in [3.63, 3.8) is 0 Å². The van der Waals surface area contributed by atoms with E-state index in [2.05, 4.69) is 38.3 Å². The number of anilines is 1. The van der Waals surface area contributed by atoms with E-state index in [1.165, 1.54) is 16.8 Å². The Morgan fingerprint density at radius 1 is 1.18 bits per heavy atom.